The number of hydrogen-bond acceptors (Lipinski definition) is 2. The SMILES string of the molecule is CC1(C)c2ccc(N(n3c4ccccc4c4ccccc43)n3c4ccccc4c4ccccc43)cc2-c2ccc3oc4ccccc4c3c21. The molecule has 11 rings (SSSR count). The molecular formula is C45H31N3O. The van der Waals surface area contributed by atoms with Gasteiger partial charge in [0.15, 0.2) is 0 Å². The van der Waals surface area contributed by atoms with Gasteiger partial charge < -0.3 is 4.42 Å². The molecule has 3 aromatic heterocycles. The largest absolute Gasteiger partial charge is 0.456 e. The summed E-state index contributed by atoms with van der Waals surface area (Å²) in [7, 11) is 0. The Labute approximate surface area is 282 Å². The van der Waals surface area contributed by atoms with Gasteiger partial charge in [-0.15, -0.1) is 0 Å². The van der Waals surface area contributed by atoms with Gasteiger partial charge in [-0.25, -0.2) is 9.35 Å². The summed E-state index contributed by atoms with van der Waals surface area (Å²) in [4.78, 5) is 0. The first-order valence-corrected chi connectivity index (χ1v) is 17.0. The van der Waals surface area contributed by atoms with Crippen molar-refractivity contribution >= 4 is 71.2 Å². The van der Waals surface area contributed by atoms with Gasteiger partial charge in [-0.3, -0.25) is 0 Å². The molecule has 0 N–H and O–H groups in total. The second-order valence-electron chi connectivity index (χ2n) is 13.8. The minimum Gasteiger partial charge on any atom is -0.456 e. The van der Waals surface area contributed by atoms with Gasteiger partial charge in [0.25, 0.3) is 0 Å². The lowest BCUT2D eigenvalue weighted by Gasteiger charge is -2.31. The van der Waals surface area contributed by atoms with Crippen molar-refractivity contribution < 1.29 is 4.42 Å². The summed E-state index contributed by atoms with van der Waals surface area (Å²) in [6.45, 7) is 4.71. The van der Waals surface area contributed by atoms with Gasteiger partial charge in [-0.05, 0) is 70.8 Å². The first-order chi connectivity index (χ1) is 24.1. The van der Waals surface area contributed by atoms with Crippen LogP contribution in [0.5, 0.6) is 0 Å². The van der Waals surface area contributed by atoms with E-state index < -0.39 is 0 Å². The van der Waals surface area contributed by atoms with Crippen molar-refractivity contribution in [2.45, 2.75) is 19.3 Å². The molecule has 0 saturated carbocycles. The number of furan rings is 1. The summed E-state index contributed by atoms with van der Waals surface area (Å²) in [6, 6.07) is 54.9. The van der Waals surface area contributed by atoms with Crippen LogP contribution in [0.1, 0.15) is 25.0 Å². The van der Waals surface area contributed by atoms with E-state index in [1.54, 1.807) is 0 Å². The average Bonchev–Trinajstić information content (AvgIpc) is 3.85. The molecule has 7 aromatic carbocycles. The van der Waals surface area contributed by atoms with E-state index in [1.807, 2.05) is 0 Å². The summed E-state index contributed by atoms with van der Waals surface area (Å²) in [5.74, 6) is 0. The number of anilines is 1. The number of para-hydroxylation sites is 5. The third-order valence-corrected chi connectivity index (χ3v) is 10.9. The lowest BCUT2D eigenvalue weighted by atomic mass is 9.80. The van der Waals surface area contributed by atoms with Crippen LogP contribution in [0.4, 0.5) is 5.69 Å². The fourth-order valence-electron chi connectivity index (χ4n) is 8.78. The van der Waals surface area contributed by atoms with Crippen LogP contribution in [-0.2, 0) is 5.41 Å². The zero-order chi connectivity index (χ0) is 32.4. The van der Waals surface area contributed by atoms with Crippen molar-refractivity contribution in [2.75, 3.05) is 5.12 Å². The van der Waals surface area contributed by atoms with Crippen molar-refractivity contribution in [1.29, 1.82) is 0 Å². The third-order valence-electron chi connectivity index (χ3n) is 10.9. The maximum Gasteiger partial charge on any atom is 0.135 e. The molecule has 0 fully saturated rings. The van der Waals surface area contributed by atoms with Gasteiger partial charge in [0.2, 0.25) is 0 Å². The normalized spacial score (nSPS) is 13.7. The van der Waals surface area contributed by atoms with Crippen molar-refractivity contribution in [1.82, 2.24) is 9.35 Å². The van der Waals surface area contributed by atoms with Crippen molar-refractivity contribution in [3.63, 3.8) is 0 Å². The molecule has 0 spiro atoms. The Balaban J connectivity index is 1.26. The minimum absolute atomic E-state index is 0.208. The van der Waals surface area contributed by atoms with Crippen LogP contribution in [0.25, 0.3) is 76.7 Å². The molecular weight excluding hydrogens is 599 g/mol. The van der Waals surface area contributed by atoms with Gasteiger partial charge in [0.05, 0.1) is 27.8 Å². The number of aromatic nitrogens is 2. The van der Waals surface area contributed by atoms with E-state index in [4.69, 9.17) is 4.42 Å². The summed E-state index contributed by atoms with van der Waals surface area (Å²) in [5, 5.41) is 9.70. The molecule has 49 heavy (non-hydrogen) atoms. The molecule has 1 aliphatic rings. The van der Waals surface area contributed by atoms with E-state index in [1.165, 1.54) is 54.6 Å². The van der Waals surface area contributed by atoms with Gasteiger partial charge in [-0.1, -0.05) is 117 Å². The van der Waals surface area contributed by atoms with Crippen molar-refractivity contribution in [3.05, 3.63) is 163 Å². The van der Waals surface area contributed by atoms with E-state index in [0.29, 0.717) is 0 Å². The van der Waals surface area contributed by atoms with Crippen LogP contribution >= 0.6 is 0 Å². The van der Waals surface area contributed by atoms with Crippen LogP contribution in [0, 0.1) is 0 Å². The van der Waals surface area contributed by atoms with Gasteiger partial charge >= 0.3 is 0 Å². The van der Waals surface area contributed by atoms with E-state index in [2.05, 4.69) is 180 Å². The molecule has 0 atom stereocenters. The van der Waals surface area contributed by atoms with Crippen LogP contribution in [0.15, 0.2) is 156 Å². The van der Waals surface area contributed by atoms with Gasteiger partial charge in [0.1, 0.15) is 11.2 Å². The molecule has 1 aliphatic carbocycles. The zero-order valence-corrected chi connectivity index (χ0v) is 27.2. The molecule has 4 heteroatoms. The highest BCUT2D eigenvalue weighted by atomic mass is 16.3. The molecule has 0 unspecified atom stereocenters. The Morgan fingerprint density at radius 2 is 0.959 bits per heavy atom. The Kier molecular flexibility index (Phi) is 5.15. The summed E-state index contributed by atoms with van der Waals surface area (Å²) in [5.41, 5.74) is 12.5. The highest BCUT2D eigenvalue weighted by Gasteiger charge is 2.39. The van der Waals surface area contributed by atoms with Gasteiger partial charge in [-0.2, -0.15) is 5.12 Å². The molecule has 0 aliphatic heterocycles. The second kappa shape index (κ2) is 9.42. The number of rotatable bonds is 3. The predicted molar refractivity (Wildman–Crippen MR) is 203 cm³/mol. The van der Waals surface area contributed by atoms with Gasteiger partial charge in [0, 0.05) is 37.7 Å². The molecule has 3 heterocycles. The van der Waals surface area contributed by atoms with E-state index in [0.717, 1.165) is 38.9 Å². The molecule has 10 aromatic rings. The van der Waals surface area contributed by atoms with Crippen LogP contribution < -0.4 is 5.12 Å². The second-order valence-corrected chi connectivity index (χ2v) is 13.8. The Morgan fingerprint density at radius 3 is 1.51 bits per heavy atom. The third kappa shape index (κ3) is 3.42. The highest BCUT2D eigenvalue weighted by Crippen LogP contribution is 2.54. The molecule has 232 valence electrons. The standard InChI is InChI=1S/C45H31N3O/c1-45(2)36-25-23-28(27-35(36)33-24-26-42-43(44(33)45)34-17-7-12-22-41(34)49-42)48(46-37-18-8-3-13-29(37)30-14-4-9-19-38(30)46)47-39-20-10-5-15-31(39)32-16-6-11-21-40(32)47/h3-27H,1-2H3. The van der Waals surface area contributed by atoms with Crippen LogP contribution in [0.2, 0.25) is 0 Å². The molecule has 4 nitrogen and oxygen atoms in total. The van der Waals surface area contributed by atoms with E-state index in [-0.39, 0.29) is 5.41 Å². The topological polar surface area (TPSA) is 26.2 Å². The van der Waals surface area contributed by atoms with Crippen LogP contribution in [0.3, 0.4) is 0 Å². The summed E-state index contributed by atoms with van der Waals surface area (Å²) in [6.07, 6.45) is 0. The number of fused-ring (bicyclic) bond motifs is 13. The number of hydrogen-bond donors (Lipinski definition) is 0. The Hall–Kier alpha value is -6.26. The first-order valence-electron chi connectivity index (χ1n) is 17.0. The monoisotopic (exact) mass is 629 g/mol. The lowest BCUT2D eigenvalue weighted by molar-refractivity contribution is 0.655. The zero-order valence-electron chi connectivity index (χ0n) is 27.2. The van der Waals surface area contributed by atoms with Crippen molar-refractivity contribution in [3.8, 4) is 11.1 Å². The van der Waals surface area contributed by atoms with E-state index >= 15 is 0 Å². The Morgan fingerprint density at radius 1 is 0.469 bits per heavy atom. The quantitative estimate of drug-likeness (QED) is 0.194. The fraction of sp³-hybridized carbons (Fsp3) is 0.0667. The summed E-state index contributed by atoms with van der Waals surface area (Å²) < 4.78 is 11.2. The number of benzene rings is 7. The molecule has 0 amide bonds. The highest BCUT2D eigenvalue weighted by molar-refractivity contribution is 6.12. The molecule has 0 radical (unpaired) electrons. The lowest BCUT2D eigenvalue weighted by Crippen LogP contribution is -2.34. The predicted octanol–water partition coefficient (Wildman–Crippen LogP) is 11.8. The van der Waals surface area contributed by atoms with E-state index in [9.17, 15) is 0 Å². The number of nitrogens with zero attached hydrogens (tertiary/aromatic N) is 3. The maximum atomic E-state index is 6.38. The first kappa shape index (κ1) is 26.8. The molecule has 0 bridgehead atoms. The molecule has 0 saturated heterocycles. The fourth-order valence-corrected chi connectivity index (χ4v) is 8.78. The minimum atomic E-state index is -0.208. The summed E-state index contributed by atoms with van der Waals surface area (Å²) >= 11 is 0. The Bertz CT molecular complexity index is 2770. The smallest absolute Gasteiger partial charge is 0.135 e. The van der Waals surface area contributed by atoms with Crippen LogP contribution in [-0.4, -0.2) is 9.35 Å². The maximum absolute atomic E-state index is 6.38. The van der Waals surface area contributed by atoms with Crippen molar-refractivity contribution in [2.24, 2.45) is 0 Å². The average molecular weight is 630 g/mol.